The molecular formula is C8H8NO8P. The molecule has 0 aromatic heterocycles. The SMILES string of the molecule is O=C(O)COP(=O)(O)Oc1ccc([N+](=O)[O-])cc1. The second-order valence-electron chi connectivity index (χ2n) is 2.98. The topological polar surface area (TPSA) is 136 Å². The number of nitrogens with zero attached hydrogens (tertiary/aromatic N) is 1. The monoisotopic (exact) mass is 277 g/mol. The van der Waals surface area contributed by atoms with Crippen LogP contribution in [0.4, 0.5) is 5.69 Å². The van der Waals surface area contributed by atoms with E-state index in [1.165, 1.54) is 0 Å². The molecule has 2 N–H and O–H groups in total. The number of hydrogen-bond acceptors (Lipinski definition) is 6. The van der Waals surface area contributed by atoms with Gasteiger partial charge >= 0.3 is 13.8 Å². The predicted molar refractivity (Wildman–Crippen MR) is 57.1 cm³/mol. The molecule has 0 aliphatic carbocycles. The maximum Gasteiger partial charge on any atom is 0.527 e. The summed E-state index contributed by atoms with van der Waals surface area (Å²) in [6.07, 6.45) is 0. The van der Waals surface area contributed by atoms with Gasteiger partial charge in [-0.25, -0.2) is 9.36 Å². The lowest BCUT2D eigenvalue weighted by Gasteiger charge is -2.11. The van der Waals surface area contributed by atoms with Gasteiger partial charge < -0.3 is 9.63 Å². The summed E-state index contributed by atoms with van der Waals surface area (Å²) in [5, 5.41) is 18.6. The van der Waals surface area contributed by atoms with E-state index in [4.69, 9.17) is 10.00 Å². The average Bonchev–Trinajstić information content (AvgIpc) is 2.27. The van der Waals surface area contributed by atoms with Crippen molar-refractivity contribution in [1.29, 1.82) is 0 Å². The molecule has 18 heavy (non-hydrogen) atoms. The maximum absolute atomic E-state index is 11.2. The van der Waals surface area contributed by atoms with Crippen LogP contribution in [0.5, 0.6) is 5.75 Å². The Morgan fingerprint density at radius 1 is 1.39 bits per heavy atom. The summed E-state index contributed by atoms with van der Waals surface area (Å²) in [5.74, 6) is -1.59. The minimum absolute atomic E-state index is 0.156. The van der Waals surface area contributed by atoms with Gasteiger partial charge in [0.15, 0.2) is 6.61 Å². The fraction of sp³-hybridized carbons (Fsp3) is 0.125. The second-order valence-corrected chi connectivity index (χ2v) is 4.36. The van der Waals surface area contributed by atoms with E-state index in [9.17, 15) is 19.5 Å². The fourth-order valence-corrected chi connectivity index (χ4v) is 1.64. The molecule has 10 heteroatoms. The van der Waals surface area contributed by atoms with Crippen LogP contribution in [0.25, 0.3) is 0 Å². The highest BCUT2D eigenvalue weighted by Crippen LogP contribution is 2.43. The first kappa shape index (κ1) is 14.1. The van der Waals surface area contributed by atoms with Crippen molar-refractivity contribution in [3.63, 3.8) is 0 Å². The zero-order chi connectivity index (χ0) is 13.8. The molecule has 0 aliphatic rings. The minimum atomic E-state index is -4.56. The summed E-state index contributed by atoms with van der Waals surface area (Å²) in [6, 6.07) is 4.30. The molecule has 0 saturated carbocycles. The lowest BCUT2D eigenvalue weighted by Crippen LogP contribution is -2.07. The summed E-state index contributed by atoms with van der Waals surface area (Å²) in [5.41, 5.74) is -0.221. The van der Waals surface area contributed by atoms with Gasteiger partial charge in [-0.3, -0.25) is 19.5 Å². The number of carboxylic acid groups (broad SMARTS) is 1. The fourth-order valence-electron chi connectivity index (χ4n) is 0.925. The molecule has 1 atom stereocenters. The summed E-state index contributed by atoms with van der Waals surface area (Å²) in [6.45, 7) is -0.999. The number of carboxylic acids is 1. The van der Waals surface area contributed by atoms with Crippen LogP contribution < -0.4 is 4.52 Å². The number of nitro benzene ring substituents is 1. The molecule has 0 bridgehead atoms. The van der Waals surface area contributed by atoms with Crippen LogP contribution in [0.1, 0.15) is 0 Å². The Bertz CT molecular complexity index is 498. The Kier molecular flexibility index (Phi) is 4.38. The first-order valence-corrected chi connectivity index (χ1v) is 5.93. The van der Waals surface area contributed by atoms with Crippen molar-refractivity contribution in [2.75, 3.05) is 6.61 Å². The van der Waals surface area contributed by atoms with Crippen LogP contribution in [0.3, 0.4) is 0 Å². The van der Waals surface area contributed by atoms with E-state index in [1.54, 1.807) is 0 Å². The van der Waals surface area contributed by atoms with Gasteiger partial charge in [0.1, 0.15) is 5.75 Å². The number of hydrogen-bond donors (Lipinski definition) is 2. The third-order valence-electron chi connectivity index (χ3n) is 1.62. The number of rotatable bonds is 6. The molecule has 0 amide bonds. The molecule has 0 radical (unpaired) electrons. The molecule has 9 nitrogen and oxygen atoms in total. The van der Waals surface area contributed by atoms with Crippen LogP contribution in [-0.4, -0.2) is 27.5 Å². The van der Waals surface area contributed by atoms with E-state index < -0.39 is 25.3 Å². The third-order valence-corrected chi connectivity index (χ3v) is 2.52. The molecule has 1 aromatic carbocycles. The Balaban J connectivity index is 2.69. The predicted octanol–water partition coefficient (Wildman–Crippen LogP) is 1.18. The van der Waals surface area contributed by atoms with Crippen molar-refractivity contribution >= 4 is 19.5 Å². The molecule has 1 unspecified atom stereocenters. The number of non-ortho nitro benzene ring substituents is 1. The van der Waals surface area contributed by atoms with Crippen molar-refractivity contribution < 1.29 is 33.3 Å². The quantitative estimate of drug-likeness (QED) is 0.449. The first-order valence-electron chi connectivity index (χ1n) is 4.43. The van der Waals surface area contributed by atoms with Gasteiger partial charge in [-0.2, -0.15) is 0 Å². The first-order chi connectivity index (χ1) is 8.30. The van der Waals surface area contributed by atoms with Gasteiger partial charge in [0, 0.05) is 12.1 Å². The molecule has 0 spiro atoms. The zero-order valence-corrected chi connectivity index (χ0v) is 9.65. The van der Waals surface area contributed by atoms with Crippen LogP contribution >= 0.6 is 7.82 Å². The van der Waals surface area contributed by atoms with E-state index in [1.807, 2.05) is 0 Å². The molecular weight excluding hydrogens is 269 g/mol. The van der Waals surface area contributed by atoms with Gasteiger partial charge in [-0.05, 0) is 12.1 Å². The van der Waals surface area contributed by atoms with Crippen molar-refractivity contribution in [2.24, 2.45) is 0 Å². The summed E-state index contributed by atoms with van der Waals surface area (Å²) in [7, 11) is -4.56. The van der Waals surface area contributed by atoms with Gasteiger partial charge in [0.25, 0.3) is 5.69 Å². The number of benzene rings is 1. The molecule has 98 valence electrons. The second kappa shape index (κ2) is 5.58. The summed E-state index contributed by atoms with van der Waals surface area (Å²) in [4.78, 5) is 28.9. The van der Waals surface area contributed by atoms with Crippen LogP contribution in [0, 0.1) is 10.1 Å². The number of nitro groups is 1. The van der Waals surface area contributed by atoms with E-state index in [0.717, 1.165) is 24.3 Å². The minimum Gasteiger partial charge on any atom is -0.480 e. The normalized spacial score (nSPS) is 13.6. The lowest BCUT2D eigenvalue weighted by molar-refractivity contribution is -0.384. The third kappa shape index (κ3) is 4.50. The van der Waals surface area contributed by atoms with Crippen molar-refractivity contribution in [2.45, 2.75) is 0 Å². The molecule has 0 heterocycles. The molecule has 1 aromatic rings. The van der Waals surface area contributed by atoms with Crippen LogP contribution in [0.15, 0.2) is 24.3 Å². The van der Waals surface area contributed by atoms with Crippen molar-refractivity contribution in [3.05, 3.63) is 34.4 Å². The Morgan fingerprint density at radius 2 is 1.94 bits per heavy atom. The largest absolute Gasteiger partial charge is 0.527 e. The smallest absolute Gasteiger partial charge is 0.480 e. The molecule has 1 rings (SSSR count). The number of carbonyl (C=O) groups is 1. The molecule has 0 saturated heterocycles. The van der Waals surface area contributed by atoms with Gasteiger partial charge in [0.2, 0.25) is 0 Å². The highest BCUT2D eigenvalue weighted by atomic mass is 31.2. The molecule has 0 aliphatic heterocycles. The lowest BCUT2D eigenvalue weighted by atomic mass is 10.3. The Labute approximate surface area is 100 Å². The van der Waals surface area contributed by atoms with E-state index in [-0.39, 0.29) is 11.4 Å². The standard InChI is InChI=1S/C8H8NO8P/c10-8(11)5-16-18(14,15)17-7-3-1-6(2-4-7)9(12)13/h1-4H,5H2,(H,10,11)(H,14,15). The Hall–Kier alpha value is -1.96. The summed E-state index contributed by atoms with van der Waals surface area (Å²) < 4.78 is 19.8. The van der Waals surface area contributed by atoms with E-state index >= 15 is 0 Å². The van der Waals surface area contributed by atoms with Gasteiger partial charge in [-0.1, -0.05) is 0 Å². The Morgan fingerprint density at radius 3 is 2.39 bits per heavy atom. The molecule has 0 fully saturated rings. The number of aliphatic carboxylic acids is 1. The van der Waals surface area contributed by atoms with Gasteiger partial charge in [-0.15, -0.1) is 0 Å². The number of phosphoric acid groups is 1. The maximum atomic E-state index is 11.2. The zero-order valence-electron chi connectivity index (χ0n) is 8.75. The summed E-state index contributed by atoms with van der Waals surface area (Å²) >= 11 is 0. The van der Waals surface area contributed by atoms with Gasteiger partial charge in [0.05, 0.1) is 4.92 Å². The van der Waals surface area contributed by atoms with Crippen molar-refractivity contribution in [1.82, 2.24) is 0 Å². The van der Waals surface area contributed by atoms with Crippen LogP contribution in [0.2, 0.25) is 0 Å². The van der Waals surface area contributed by atoms with Crippen molar-refractivity contribution in [3.8, 4) is 5.75 Å². The highest BCUT2D eigenvalue weighted by molar-refractivity contribution is 7.47. The average molecular weight is 277 g/mol. The highest BCUT2D eigenvalue weighted by Gasteiger charge is 2.24. The van der Waals surface area contributed by atoms with Crippen LogP contribution in [-0.2, 0) is 13.9 Å². The number of phosphoric ester groups is 1. The van der Waals surface area contributed by atoms with E-state index in [2.05, 4.69) is 9.05 Å². The van der Waals surface area contributed by atoms with E-state index in [0.29, 0.717) is 0 Å².